The highest BCUT2D eigenvalue weighted by atomic mass is 15.1. The van der Waals surface area contributed by atoms with Crippen molar-refractivity contribution < 1.29 is 0 Å². The highest BCUT2D eigenvalue weighted by Gasteiger charge is 2.30. The minimum absolute atomic E-state index is 0.660. The van der Waals surface area contributed by atoms with Crippen molar-refractivity contribution in [2.24, 2.45) is 5.92 Å². The Morgan fingerprint density at radius 1 is 1.00 bits per heavy atom. The van der Waals surface area contributed by atoms with Gasteiger partial charge < -0.3 is 5.32 Å². The quantitative estimate of drug-likeness (QED) is 0.935. The van der Waals surface area contributed by atoms with Crippen LogP contribution < -0.4 is 5.32 Å². The summed E-state index contributed by atoms with van der Waals surface area (Å²) in [5.41, 5.74) is 5.92. The molecule has 1 N–H and O–H groups in total. The lowest BCUT2D eigenvalue weighted by atomic mass is 9.87. The third kappa shape index (κ3) is 3.19. The molecule has 2 nitrogen and oxygen atoms in total. The van der Waals surface area contributed by atoms with Crippen LogP contribution in [0.3, 0.4) is 0 Å². The summed E-state index contributed by atoms with van der Waals surface area (Å²) in [6.45, 7) is 7.97. The number of rotatable bonds is 3. The Hall–Kier alpha value is -1.64. The summed E-state index contributed by atoms with van der Waals surface area (Å²) >= 11 is 0. The minimum atomic E-state index is 0.660. The lowest BCUT2D eigenvalue weighted by Crippen LogP contribution is -2.36. The second-order valence-corrected chi connectivity index (χ2v) is 7.19. The van der Waals surface area contributed by atoms with E-state index in [4.69, 9.17) is 0 Å². The van der Waals surface area contributed by atoms with Crippen LogP contribution in [-0.2, 0) is 13.0 Å². The molecule has 2 atom stereocenters. The van der Waals surface area contributed by atoms with Gasteiger partial charge in [0.1, 0.15) is 0 Å². The average Bonchev–Trinajstić information content (AvgIpc) is 3.03. The van der Waals surface area contributed by atoms with E-state index in [1.807, 2.05) is 0 Å². The molecule has 2 heterocycles. The second kappa shape index (κ2) is 6.46. The number of benzene rings is 2. The smallest absolute Gasteiger partial charge is 0.0236 e. The summed E-state index contributed by atoms with van der Waals surface area (Å²) in [4.78, 5) is 2.65. The Labute approximate surface area is 139 Å². The molecule has 0 spiro atoms. The van der Waals surface area contributed by atoms with E-state index in [0.29, 0.717) is 5.92 Å². The molecule has 2 aliphatic heterocycles. The molecule has 23 heavy (non-hydrogen) atoms. The SMILES string of the molecule is Cc1ccc(C2CNCC2CN2CCc3ccccc3C2)cc1. The standard InChI is InChI=1S/C21H26N2/c1-16-6-8-18(9-7-16)21-13-22-12-20(21)15-23-11-10-17-4-2-3-5-19(17)14-23/h2-9,20-22H,10-15H2,1H3. The van der Waals surface area contributed by atoms with Crippen LogP contribution in [0.2, 0.25) is 0 Å². The first-order chi connectivity index (χ1) is 11.3. The van der Waals surface area contributed by atoms with Crippen molar-refractivity contribution in [3.63, 3.8) is 0 Å². The van der Waals surface area contributed by atoms with Gasteiger partial charge in [0.25, 0.3) is 0 Å². The Balaban J connectivity index is 1.45. The lowest BCUT2D eigenvalue weighted by molar-refractivity contribution is 0.212. The van der Waals surface area contributed by atoms with Gasteiger partial charge in [0.15, 0.2) is 0 Å². The average molecular weight is 306 g/mol. The Kier molecular flexibility index (Phi) is 4.19. The molecule has 0 bridgehead atoms. The molecule has 0 radical (unpaired) electrons. The fourth-order valence-corrected chi connectivity index (χ4v) is 4.17. The highest BCUT2D eigenvalue weighted by Crippen LogP contribution is 2.30. The van der Waals surface area contributed by atoms with Gasteiger partial charge in [-0.05, 0) is 42.5 Å². The molecule has 2 heteroatoms. The van der Waals surface area contributed by atoms with E-state index in [0.717, 1.165) is 25.6 Å². The van der Waals surface area contributed by atoms with Gasteiger partial charge in [0.2, 0.25) is 0 Å². The third-order valence-corrected chi connectivity index (χ3v) is 5.55. The van der Waals surface area contributed by atoms with Crippen molar-refractivity contribution in [3.8, 4) is 0 Å². The van der Waals surface area contributed by atoms with Crippen LogP contribution >= 0.6 is 0 Å². The van der Waals surface area contributed by atoms with Crippen molar-refractivity contribution in [1.29, 1.82) is 0 Å². The molecule has 2 aromatic rings. The van der Waals surface area contributed by atoms with Crippen molar-refractivity contribution in [2.75, 3.05) is 26.2 Å². The molecular formula is C21H26N2. The summed E-state index contributed by atoms with van der Waals surface area (Å²) < 4.78 is 0. The number of nitrogens with zero attached hydrogens (tertiary/aromatic N) is 1. The molecule has 2 aromatic carbocycles. The van der Waals surface area contributed by atoms with Gasteiger partial charge in [-0.15, -0.1) is 0 Å². The molecule has 2 aliphatic rings. The number of nitrogens with one attached hydrogen (secondary N) is 1. The van der Waals surface area contributed by atoms with E-state index in [2.05, 4.69) is 65.7 Å². The third-order valence-electron chi connectivity index (χ3n) is 5.55. The minimum Gasteiger partial charge on any atom is -0.316 e. The summed E-state index contributed by atoms with van der Waals surface area (Å²) in [6, 6.07) is 18.1. The fourth-order valence-electron chi connectivity index (χ4n) is 4.17. The molecular weight excluding hydrogens is 280 g/mol. The van der Waals surface area contributed by atoms with Crippen LogP contribution in [0.1, 0.15) is 28.2 Å². The molecule has 2 unspecified atom stereocenters. The van der Waals surface area contributed by atoms with Gasteiger partial charge in [-0.25, -0.2) is 0 Å². The molecule has 0 aromatic heterocycles. The van der Waals surface area contributed by atoms with E-state index in [-0.39, 0.29) is 0 Å². The predicted octanol–water partition coefficient (Wildman–Crippen LogP) is 3.36. The maximum Gasteiger partial charge on any atom is 0.0236 e. The normalized spacial score (nSPS) is 24.6. The number of fused-ring (bicyclic) bond motifs is 1. The largest absolute Gasteiger partial charge is 0.316 e. The zero-order chi connectivity index (χ0) is 15.6. The van der Waals surface area contributed by atoms with Crippen LogP contribution in [0.15, 0.2) is 48.5 Å². The van der Waals surface area contributed by atoms with Crippen LogP contribution in [0.4, 0.5) is 0 Å². The topological polar surface area (TPSA) is 15.3 Å². The maximum atomic E-state index is 3.62. The molecule has 1 saturated heterocycles. The number of hydrogen-bond donors (Lipinski definition) is 1. The predicted molar refractivity (Wildman–Crippen MR) is 95.7 cm³/mol. The summed E-state index contributed by atoms with van der Waals surface area (Å²) in [7, 11) is 0. The maximum absolute atomic E-state index is 3.62. The number of aryl methyl sites for hydroxylation is 1. The molecule has 0 aliphatic carbocycles. The molecule has 4 rings (SSSR count). The molecule has 0 saturated carbocycles. The Morgan fingerprint density at radius 2 is 1.78 bits per heavy atom. The highest BCUT2D eigenvalue weighted by molar-refractivity contribution is 5.29. The van der Waals surface area contributed by atoms with Gasteiger partial charge in [-0.3, -0.25) is 4.90 Å². The van der Waals surface area contributed by atoms with Crippen molar-refractivity contribution in [1.82, 2.24) is 10.2 Å². The van der Waals surface area contributed by atoms with Gasteiger partial charge >= 0.3 is 0 Å². The molecule has 120 valence electrons. The van der Waals surface area contributed by atoms with Gasteiger partial charge in [0, 0.05) is 32.1 Å². The summed E-state index contributed by atoms with van der Waals surface area (Å²) in [5.74, 6) is 1.38. The van der Waals surface area contributed by atoms with E-state index in [1.165, 1.54) is 36.2 Å². The van der Waals surface area contributed by atoms with E-state index in [9.17, 15) is 0 Å². The lowest BCUT2D eigenvalue weighted by Gasteiger charge is -2.32. The summed E-state index contributed by atoms with van der Waals surface area (Å²) in [6.07, 6.45) is 1.20. The zero-order valence-electron chi connectivity index (χ0n) is 14.0. The van der Waals surface area contributed by atoms with E-state index >= 15 is 0 Å². The van der Waals surface area contributed by atoms with Crippen molar-refractivity contribution >= 4 is 0 Å². The molecule has 1 fully saturated rings. The van der Waals surface area contributed by atoms with Gasteiger partial charge in [-0.2, -0.15) is 0 Å². The Bertz CT molecular complexity index is 662. The number of hydrogen-bond acceptors (Lipinski definition) is 2. The van der Waals surface area contributed by atoms with Crippen LogP contribution in [0, 0.1) is 12.8 Å². The van der Waals surface area contributed by atoms with Gasteiger partial charge in [-0.1, -0.05) is 54.1 Å². The van der Waals surface area contributed by atoms with E-state index in [1.54, 1.807) is 5.56 Å². The van der Waals surface area contributed by atoms with Crippen molar-refractivity contribution in [3.05, 3.63) is 70.8 Å². The van der Waals surface area contributed by atoms with Crippen molar-refractivity contribution in [2.45, 2.75) is 25.8 Å². The summed E-state index contributed by atoms with van der Waals surface area (Å²) in [5, 5.41) is 3.62. The fraction of sp³-hybridized carbons (Fsp3) is 0.429. The molecule has 0 amide bonds. The first-order valence-electron chi connectivity index (χ1n) is 8.86. The Morgan fingerprint density at radius 3 is 2.61 bits per heavy atom. The van der Waals surface area contributed by atoms with Crippen LogP contribution in [-0.4, -0.2) is 31.1 Å². The van der Waals surface area contributed by atoms with E-state index < -0.39 is 0 Å². The van der Waals surface area contributed by atoms with Crippen LogP contribution in [0.5, 0.6) is 0 Å². The zero-order valence-corrected chi connectivity index (χ0v) is 14.0. The van der Waals surface area contributed by atoms with Crippen LogP contribution in [0.25, 0.3) is 0 Å². The monoisotopic (exact) mass is 306 g/mol. The first-order valence-corrected chi connectivity index (χ1v) is 8.86. The first kappa shape index (κ1) is 14.9. The van der Waals surface area contributed by atoms with Gasteiger partial charge in [0.05, 0.1) is 0 Å². The second-order valence-electron chi connectivity index (χ2n) is 7.19.